The Morgan fingerprint density at radius 2 is 1.81 bits per heavy atom. The van der Waals surface area contributed by atoms with Gasteiger partial charge >= 0.3 is 11.9 Å². The van der Waals surface area contributed by atoms with Crippen molar-refractivity contribution in [2.45, 2.75) is 19.1 Å². The summed E-state index contributed by atoms with van der Waals surface area (Å²) in [7, 11) is 1.51. The zero-order chi connectivity index (χ0) is 22.8. The van der Waals surface area contributed by atoms with Crippen LogP contribution in [0.15, 0.2) is 64.3 Å². The molecule has 10 heteroatoms. The number of amides is 1. The van der Waals surface area contributed by atoms with Crippen molar-refractivity contribution < 1.29 is 22.7 Å². The van der Waals surface area contributed by atoms with Crippen LogP contribution in [0.3, 0.4) is 0 Å². The minimum absolute atomic E-state index is 0.0471. The molecule has 0 aliphatic rings. The minimum atomic E-state index is -4.67. The number of benzene rings is 2. The minimum Gasteiger partial charge on any atom is -0.497 e. The summed E-state index contributed by atoms with van der Waals surface area (Å²) in [5.41, 5.74) is 2.22. The standard InChI is InChI=1S/C21H18F3N3O4/c1-31-16-7-2-4-13(10-16)8-9-26-12-17(18(25)28)19(29)27(20(26)30)15-6-3-5-14(11-15)21(22,23)24/h2-7,10-12H,8-9H2,1H3,(H2,25,28). The van der Waals surface area contributed by atoms with Crippen LogP contribution < -0.4 is 21.7 Å². The van der Waals surface area contributed by atoms with Crippen molar-refractivity contribution in [3.63, 3.8) is 0 Å². The normalized spacial score (nSPS) is 11.4. The lowest BCUT2D eigenvalue weighted by Crippen LogP contribution is -2.42. The number of nitrogens with two attached hydrogens (primary N) is 1. The molecule has 1 aromatic heterocycles. The van der Waals surface area contributed by atoms with Crippen LogP contribution in [0.4, 0.5) is 13.2 Å². The maximum Gasteiger partial charge on any atom is 0.416 e. The number of nitrogens with zero attached hydrogens (tertiary/aromatic N) is 2. The van der Waals surface area contributed by atoms with Gasteiger partial charge in [-0.1, -0.05) is 18.2 Å². The van der Waals surface area contributed by atoms with Gasteiger partial charge in [0.25, 0.3) is 11.5 Å². The number of halogens is 3. The number of rotatable bonds is 6. The van der Waals surface area contributed by atoms with Crippen LogP contribution in [0.5, 0.6) is 5.75 Å². The molecule has 0 unspecified atom stereocenters. The van der Waals surface area contributed by atoms with Crippen LogP contribution in [0, 0.1) is 0 Å². The van der Waals surface area contributed by atoms with Gasteiger partial charge in [0.1, 0.15) is 11.3 Å². The van der Waals surface area contributed by atoms with Crippen LogP contribution in [0.1, 0.15) is 21.5 Å². The number of hydrogen-bond acceptors (Lipinski definition) is 4. The van der Waals surface area contributed by atoms with E-state index in [1.54, 1.807) is 24.3 Å². The lowest BCUT2D eigenvalue weighted by atomic mass is 10.1. The average molecular weight is 433 g/mol. The summed E-state index contributed by atoms with van der Waals surface area (Å²) in [5.74, 6) is -0.488. The smallest absolute Gasteiger partial charge is 0.416 e. The lowest BCUT2D eigenvalue weighted by Gasteiger charge is -2.14. The number of aromatic nitrogens is 2. The molecule has 0 saturated carbocycles. The number of ether oxygens (including phenoxy) is 1. The monoisotopic (exact) mass is 433 g/mol. The first-order chi connectivity index (χ1) is 14.6. The third kappa shape index (κ3) is 4.68. The summed E-state index contributed by atoms with van der Waals surface area (Å²) >= 11 is 0. The van der Waals surface area contributed by atoms with Crippen molar-refractivity contribution in [3.05, 3.63) is 92.3 Å². The van der Waals surface area contributed by atoms with Crippen molar-refractivity contribution in [3.8, 4) is 11.4 Å². The number of alkyl halides is 3. The fourth-order valence-electron chi connectivity index (χ4n) is 3.06. The van der Waals surface area contributed by atoms with E-state index in [1.165, 1.54) is 13.2 Å². The second-order valence-corrected chi connectivity index (χ2v) is 6.67. The van der Waals surface area contributed by atoms with E-state index < -0.39 is 34.5 Å². The van der Waals surface area contributed by atoms with Crippen molar-refractivity contribution in [1.29, 1.82) is 0 Å². The molecular weight excluding hydrogens is 415 g/mol. The Labute approximate surface area is 174 Å². The number of hydrogen-bond donors (Lipinski definition) is 1. The third-order valence-corrected chi connectivity index (χ3v) is 4.63. The first kappa shape index (κ1) is 21.9. The zero-order valence-corrected chi connectivity index (χ0v) is 16.3. The Bertz CT molecular complexity index is 1250. The molecule has 0 aliphatic carbocycles. The van der Waals surface area contributed by atoms with Gasteiger partial charge in [-0.2, -0.15) is 13.2 Å². The first-order valence-electron chi connectivity index (χ1n) is 9.08. The maximum atomic E-state index is 13.1. The van der Waals surface area contributed by atoms with Crippen LogP contribution in [-0.4, -0.2) is 22.2 Å². The van der Waals surface area contributed by atoms with E-state index in [-0.39, 0.29) is 12.2 Å². The molecule has 0 bridgehead atoms. The molecule has 31 heavy (non-hydrogen) atoms. The van der Waals surface area contributed by atoms with Gasteiger partial charge in [0.2, 0.25) is 0 Å². The Hall–Kier alpha value is -3.82. The van der Waals surface area contributed by atoms with E-state index in [9.17, 15) is 27.6 Å². The van der Waals surface area contributed by atoms with Gasteiger partial charge in [-0.15, -0.1) is 0 Å². The van der Waals surface area contributed by atoms with Crippen LogP contribution in [0.2, 0.25) is 0 Å². The topological polar surface area (TPSA) is 96.3 Å². The molecule has 0 radical (unpaired) electrons. The molecule has 1 amide bonds. The predicted octanol–water partition coefficient (Wildman–Crippen LogP) is 2.37. The van der Waals surface area contributed by atoms with Crippen LogP contribution in [0.25, 0.3) is 5.69 Å². The van der Waals surface area contributed by atoms with E-state index in [0.29, 0.717) is 22.8 Å². The van der Waals surface area contributed by atoms with Gasteiger partial charge < -0.3 is 10.5 Å². The van der Waals surface area contributed by atoms with Gasteiger partial charge in [0, 0.05) is 12.7 Å². The molecule has 0 fully saturated rings. The molecule has 7 nitrogen and oxygen atoms in total. The van der Waals surface area contributed by atoms with Gasteiger partial charge in [-0.25, -0.2) is 9.36 Å². The van der Waals surface area contributed by atoms with E-state index in [1.807, 2.05) is 0 Å². The molecule has 1 heterocycles. The second-order valence-electron chi connectivity index (χ2n) is 6.67. The molecule has 0 saturated heterocycles. The van der Waals surface area contributed by atoms with E-state index >= 15 is 0 Å². The number of methoxy groups -OCH3 is 1. The highest BCUT2D eigenvalue weighted by Gasteiger charge is 2.31. The Morgan fingerprint density at radius 1 is 1.10 bits per heavy atom. The Kier molecular flexibility index (Phi) is 6.00. The van der Waals surface area contributed by atoms with Crippen LogP contribution >= 0.6 is 0 Å². The fraction of sp³-hybridized carbons (Fsp3) is 0.190. The quantitative estimate of drug-likeness (QED) is 0.646. The highest BCUT2D eigenvalue weighted by molar-refractivity contribution is 5.92. The van der Waals surface area contributed by atoms with Crippen molar-refractivity contribution in [1.82, 2.24) is 9.13 Å². The summed E-state index contributed by atoms with van der Waals surface area (Å²) in [6.45, 7) is 0.0471. The molecule has 2 aromatic carbocycles. The maximum absolute atomic E-state index is 13.1. The van der Waals surface area contributed by atoms with Gasteiger partial charge in [0.15, 0.2) is 0 Å². The van der Waals surface area contributed by atoms with Gasteiger partial charge in [-0.3, -0.25) is 14.2 Å². The molecule has 0 atom stereocenters. The highest BCUT2D eigenvalue weighted by atomic mass is 19.4. The zero-order valence-electron chi connectivity index (χ0n) is 16.3. The third-order valence-electron chi connectivity index (χ3n) is 4.63. The van der Waals surface area contributed by atoms with Crippen LogP contribution in [-0.2, 0) is 19.1 Å². The molecule has 2 N–H and O–H groups in total. The SMILES string of the molecule is COc1cccc(CCn2cc(C(N)=O)c(=O)n(-c3cccc(C(F)(F)F)c3)c2=O)c1. The number of aryl methyl sites for hydroxylation is 2. The van der Waals surface area contributed by atoms with Gasteiger partial charge in [-0.05, 0) is 42.3 Å². The van der Waals surface area contributed by atoms with Crippen molar-refractivity contribution in [2.75, 3.05) is 7.11 Å². The molecular formula is C21H18F3N3O4. The summed E-state index contributed by atoms with van der Waals surface area (Å²) in [5, 5.41) is 0. The van der Waals surface area contributed by atoms with E-state index in [2.05, 4.69) is 0 Å². The molecule has 0 spiro atoms. The number of carbonyl (C=O) groups excluding carboxylic acids is 1. The van der Waals surface area contributed by atoms with Crippen molar-refractivity contribution in [2.24, 2.45) is 5.73 Å². The average Bonchev–Trinajstić information content (AvgIpc) is 2.73. The predicted molar refractivity (Wildman–Crippen MR) is 107 cm³/mol. The summed E-state index contributed by atoms with van der Waals surface area (Å²) in [6.07, 6.45) is -3.32. The largest absolute Gasteiger partial charge is 0.497 e. The summed E-state index contributed by atoms with van der Waals surface area (Å²) in [4.78, 5) is 37.3. The number of primary amides is 1. The van der Waals surface area contributed by atoms with E-state index in [0.717, 1.165) is 28.5 Å². The molecule has 0 aliphatic heterocycles. The molecule has 162 valence electrons. The van der Waals surface area contributed by atoms with Crippen molar-refractivity contribution >= 4 is 5.91 Å². The summed E-state index contributed by atoms with van der Waals surface area (Å²) in [6, 6.07) is 10.8. The Balaban J connectivity index is 2.10. The van der Waals surface area contributed by atoms with E-state index in [4.69, 9.17) is 10.5 Å². The number of carbonyl (C=O) groups is 1. The fourth-order valence-corrected chi connectivity index (χ4v) is 3.06. The highest BCUT2D eigenvalue weighted by Crippen LogP contribution is 2.29. The van der Waals surface area contributed by atoms with Gasteiger partial charge in [0.05, 0.1) is 18.4 Å². The molecule has 3 aromatic rings. The lowest BCUT2D eigenvalue weighted by molar-refractivity contribution is -0.137. The molecule has 3 rings (SSSR count). The first-order valence-corrected chi connectivity index (χ1v) is 9.08. The summed E-state index contributed by atoms with van der Waals surface area (Å²) < 4.78 is 46.0. The second kappa shape index (κ2) is 8.50. The Morgan fingerprint density at radius 3 is 2.45 bits per heavy atom.